The van der Waals surface area contributed by atoms with E-state index in [9.17, 15) is 0 Å². The van der Waals surface area contributed by atoms with Crippen LogP contribution in [0.4, 0.5) is 5.95 Å². The van der Waals surface area contributed by atoms with Gasteiger partial charge in [0.15, 0.2) is 0 Å². The molecular formula is C17H21N3O. The van der Waals surface area contributed by atoms with Gasteiger partial charge in [-0.25, -0.2) is 9.97 Å². The zero-order valence-corrected chi connectivity index (χ0v) is 12.7. The largest absolute Gasteiger partial charge is 0.494 e. The summed E-state index contributed by atoms with van der Waals surface area (Å²) in [5, 5.41) is 0. The average molecular weight is 283 g/mol. The lowest BCUT2D eigenvalue weighted by molar-refractivity contribution is 0.317. The van der Waals surface area contributed by atoms with Crippen LogP contribution in [0.2, 0.25) is 0 Å². The minimum atomic E-state index is 0.780. The van der Waals surface area contributed by atoms with E-state index >= 15 is 0 Å². The molecule has 0 spiro atoms. The first-order chi connectivity index (χ1) is 10.3. The van der Waals surface area contributed by atoms with Crippen LogP contribution in [0.25, 0.3) is 0 Å². The molecule has 3 rings (SSSR count). The molecule has 1 aliphatic rings. The average Bonchev–Trinajstić information content (AvgIpc) is 2.52. The maximum atomic E-state index is 5.71. The molecule has 1 aromatic heterocycles. The SMILES string of the molecule is CCCOc1ccc2c(c1)CCN(c1nccc(C)n1)C2. The number of rotatable bonds is 4. The third kappa shape index (κ3) is 3.15. The fourth-order valence-electron chi connectivity index (χ4n) is 2.60. The third-order valence-corrected chi connectivity index (χ3v) is 3.73. The highest BCUT2D eigenvalue weighted by Gasteiger charge is 2.18. The first kappa shape index (κ1) is 13.9. The monoisotopic (exact) mass is 283 g/mol. The highest BCUT2D eigenvalue weighted by Crippen LogP contribution is 2.25. The Morgan fingerprint density at radius 1 is 1.24 bits per heavy atom. The Hall–Kier alpha value is -2.10. The smallest absolute Gasteiger partial charge is 0.225 e. The van der Waals surface area contributed by atoms with Gasteiger partial charge in [-0.2, -0.15) is 0 Å². The lowest BCUT2D eigenvalue weighted by Crippen LogP contribution is -2.31. The van der Waals surface area contributed by atoms with Crippen LogP contribution in [0.1, 0.15) is 30.2 Å². The molecule has 0 fully saturated rings. The van der Waals surface area contributed by atoms with Gasteiger partial charge >= 0.3 is 0 Å². The third-order valence-electron chi connectivity index (χ3n) is 3.73. The van der Waals surface area contributed by atoms with E-state index in [4.69, 9.17) is 4.74 Å². The number of ether oxygens (including phenoxy) is 1. The van der Waals surface area contributed by atoms with Crippen LogP contribution >= 0.6 is 0 Å². The summed E-state index contributed by atoms with van der Waals surface area (Å²) < 4.78 is 5.71. The van der Waals surface area contributed by atoms with Crippen molar-refractivity contribution in [2.45, 2.75) is 33.2 Å². The highest BCUT2D eigenvalue weighted by atomic mass is 16.5. The lowest BCUT2D eigenvalue weighted by Gasteiger charge is -2.29. The molecule has 0 radical (unpaired) electrons. The van der Waals surface area contributed by atoms with E-state index in [1.54, 1.807) is 0 Å². The number of nitrogens with zero attached hydrogens (tertiary/aromatic N) is 3. The predicted octanol–water partition coefficient (Wildman–Crippen LogP) is 3.14. The molecule has 110 valence electrons. The molecule has 0 bridgehead atoms. The molecule has 2 aromatic rings. The number of hydrogen-bond donors (Lipinski definition) is 0. The Balaban J connectivity index is 1.76. The fraction of sp³-hybridized carbons (Fsp3) is 0.412. The Labute approximate surface area is 125 Å². The molecule has 0 amide bonds. The van der Waals surface area contributed by atoms with E-state index in [2.05, 4.69) is 40.0 Å². The Bertz CT molecular complexity index is 627. The molecule has 0 aliphatic carbocycles. The van der Waals surface area contributed by atoms with Crippen molar-refractivity contribution in [3.63, 3.8) is 0 Å². The minimum absolute atomic E-state index is 0.780. The van der Waals surface area contributed by atoms with Gasteiger partial charge in [0, 0.05) is 25.0 Å². The van der Waals surface area contributed by atoms with Gasteiger partial charge in [0.2, 0.25) is 5.95 Å². The second kappa shape index (κ2) is 6.12. The summed E-state index contributed by atoms with van der Waals surface area (Å²) in [5.41, 5.74) is 3.73. The number of fused-ring (bicyclic) bond motifs is 1. The summed E-state index contributed by atoms with van der Waals surface area (Å²) in [7, 11) is 0. The van der Waals surface area contributed by atoms with Crippen molar-refractivity contribution in [3.8, 4) is 5.75 Å². The van der Waals surface area contributed by atoms with Gasteiger partial charge < -0.3 is 9.64 Å². The summed E-state index contributed by atoms with van der Waals surface area (Å²) in [5.74, 6) is 1.81. The molecule has 0 saturated heterocycles. The van der Waals surface area contributed by atoms with Crippen molar-refractivity contribution in [3.05, 3.63) is 47.3 Å². The molecule has 1 aromatic carbocycles. The van der Waals surface area contributed by atoms with Gasteiger partial charge in [0.1, 0.15) is 5.75 Å². The molecular weight excluding hydrogens is 262 g/mol. The number of hydrogen-bond acceptors (Lipinski definition) is 4. The van der Waals surface area contributed by atoms with Crippen LogP contribution in [0, 0.1) is 6.92 Å². The van der Waals surface area contributed by atoms with E-state index in [-0.39, 0.29) is 0 Å². The predicted molar refractivity (Wildman–Crippen MR) is 83.8 cm³/mol. The Morgan fingerprint density at radius 2 is 2.14 bits per heavy atom. The Morgan fingerprint density at radius 3 is 2.95 bits per heavy atom. The van der Waals surface area contributed by atoms with E-state index in [1.165, 1.54) is 11.1 Å². The van der Waals surface area contributed by atoms with Crippen LogP contribution < -0.4 is 9.64 Å². The maximum Gasteiger partial charge on any atom is 0.225 e. The van der Waals surface area contributed by atoms with Crippen LogP contribution in [-0.4, -0.2) is 23.1 Å². The molecule has 0 N–H and O–H groups in total. The number of aromatic nitrogens is 2. The number of benzene rings is 1. The van der Waals surface area contributed by atoms with Crippen molar-refractivity contribution in [2.75, 3.05) is 18.1 Å². The lowest BCUT2D eigenvalue weighted by atomic mass is 10.00. The first-order valence-corrected chi connectivity index (χ1v) is 7.55. The molecule has 4 nitrogen and oxygen atoms in total. The normalized spacial score (nSPS) is 13.9. The zero-order chi connectivity index (χ0) is 14.7. The van der Waals surface area contributed by atoms with E-state index < -0.39 is 0 Å². The molecule has 2 heterocycles. The number of anilines is 1. The maximum absolute atomic E-state index is 5.71. The van der Waals surface area contributed by atoms with E-state index in [1.807, 2.05) is 19.2 Å². The zero-order valence-electron chi connectivity index (χ0n) is 12.7. The van der Waals surface area contributed by atoms with Crippen molar-refractivity contribution in [1.29, 1.82) is 0 Å². The van der Waals surface area contributed by atoms with Crippen molar-refractivity contribution in [1.82, 2.24) is 9.97 Å². The molecule has 0 atom stereocenters. The molecule has 21 heavy (non-hydrogen) atoms. The molecule has 0 saturated carbocycles. The van der Waals surface area contributed by atoms with E-state index in [0.717, 1.165) is 49.9 Å². The van der Waals surface area contributed by atoms with Gasteiger partial charge in [-0.3, -0.25) is 0 Å². The van der Waals surface area contributed by atoms with Crippen LogP contribution in [0.15, 0.2) is 30.5 Å². The van der Waals surface area contributed by atoms with Gasteiger partial charge in [-0.05, 0) is 49.1 Å². The van der Waals surface area contributed by atoms with Gasteiger partial charge in [-0.15, -0.1) is 0 Å². The molecule has 4 heteroatoms. The minimum Gasteiger partial charge on any atom is -0.494 e. The van der Waals surface area contributed by atoms with Gasteiger partial charge in [-0.1, -0.05) is 13.0 Å². The summed E-state index contributed by atoms with van der Waals surface area (Å²) in [6.45, 7) is 6.72. The number of aryl methyl sites for hydroxylation is 1. The van der Waals surface area contributed by atoms with Crippen LogP contribution in [-0.2, 0) is 13.0 Å². The Kier molecular flexibility index (Phi) is 4.04. The van der Waals surface area contributed by atoms with Crippen LogP contribution in [0.5, 0.6) is 5.75 Å². The summed E-state index contributed by atoms with van der Waals surface area (Å²) >= 11 is 0. The standard InChI is InChI=1S/C17H21N3O/c1-3-10-21-16-5-4-15-12-20(9-7-14(15)11-16)17-18-8-6-13(2)19-17/h4-6,8,11H,3,7,9-10,12H2,1-2H3. The summed E-state index contributed by atoms with van der Waals surface area (Å²) in [4.78, 5) is 11.1. The van der Waals surface area contributed by atoms with E-state index in [0.29, 0.717) is 0 Å². The molecule has 0 unspecified atom stereocenters. The topological polar surface area (TPSA) is 38.2 Å². The highest BCUT2D eigenvalue weighted by molar-refractivity contribution is 5.43. The first-order valence-electron chi connectivity index (χ1n) is 7.55. The van der Waals surface area contributed by atoms with Gasteiger partial charge in [0.25, 0.3) is 0 Å². The van der Waals surface area contributed by atoms with Crippen molar-refractivity contribution in [2.24, 2.45) is 0 Å². The fourth-order valence-corrected chi connectivity index (χ4v) is 2.60. The van der Waals surface area contributed by atoms with Crippen LogP contribution in [0.3, 0.4) is 0 Å². The quantitative estimate of drug-likeness (QED) is 0.864. The second-order valence-electron chi connectivity index (χ2n) is 5.45. The van der Waals surface area contributed by atoms with Gasteiger partial charge in [0.05, 0.1) is 6.61 Å². The van der Waals surface area contributed by atoms with Crippen molar-refractivity contribution >= 4 is 5.95 Å². The second-order valence-corrected chi connectivity index (χ2v) is 5.45. The summed E-state index contributed by atoms with van der Waals surface area (Å²) in [6.07, 6.45) is 3.88. The summed E-state index contributed by atoms with van der Waals surface area (Å²) in [6, 6.07) is 8.34. The molecule has 1 aliphatic heterocycles. The van der Waals surface area contributed by atoms with Crippen molar-refractivity contribution < 1.29 is 4.74 Å².